The molecule has 0 radical (unpaired) electrons. The minimum Gasteiger partial charge on any atom is -0.409 e. The van der Waals surface area contributed by atoms with E-state index in [1.54, 1.807) is 0 Å². The number of oxime groups is 1. The van der Waals surface area contributed by atoms with E-state index in [-0.39, 0.29) is 5.84 Å². The van der Waals surface area contributed by atoms with Gasteiger partial charge in [-0.3, -0.25) is 0 Å². The maximum Gasteiger partial charge on any atom is 0.170 e. The van der Waals surface area contributed by atoms with Gasteiger partial charge in [0.25, 0.3) is 0 Å². The maximum atomic E-state index is 8.81. The minimum absolute atomic E-state index is 0.131. The molecule has 0 amide bonds. The van der Waals surface area contributed by atoms with Gasteiger partial charge in [0.1, 0.15) is 5.82 Å². The predicted octanol–water partition coefficient (Wildman–Crippen LogP) is 2.25. The summed E-state index contributed by atoms with van der Waals surface area (Å²) in [5.74, 6) is 1.06. The summed E-state index contributed by atoms with van der Waals surface area (Å²) in [7, 11) is 0. The Bertz CT molecular complexity index is 486. The van der Waals surface area contributed by atoms with E-state index in [0.717, 1.165) is 23.5 Å². The molecule has 1 fully saturated rings. The Balaban J connectivity index is 2.41. The second kappa shape index (κ2) is 5.47. The van der Waals surface area contributed by atoms with Gasteiger partial charge in [-0.1, -0.05) is 12.1 Å². The van der Waals surface area contributed by atoms with Gasteiger partial charge in [0.15, 0.2) is 5.84 Å². The van der Waals surface area contributed by atoms with Crippen LogP contribution < -0.4 is 10.6 Å². The maximum absolute atomic E-state index is 8.81. The number of hydrogen-bond acceptors (Lipinski definition) is 4. The summed E-state index contributed by atoms with van der Waals surface area (Å²) in [5, 5.41) is 11.9. The van der Waals surface area contributed by atoms with Crippen molar-refractivity contribution in [2.24, 2.45) is 10.9 Å². The van der Waals surface area contributed by atoms with E-state index in [9.17, 15) is 0 Å². The number of amidine groups is 1. The number of anilines is 1. The summed E-state index contributed by atoms with van der Waals surface area (Å²) in [5.41, 5.74) is 7.29. The number of pyridine rings is 1. The Hall–Kier alpha value is -1.78. The van der Waals surface area contributed by atoms with Crippen LogP contribution in [0.15, 0.2) is 17.3 Å². The van der Waals surface area contributed by atoms with E-state index in [0.29, 0.717) is 12.1 Å². The van der Waals surface area contributed by atoms with E-state index in [2.05, 4.69) is 28.9 Å². The Morgan fingerprint density at radius 2 is 2.26 bits per heavy atom. The minimum atomic E-state index is 0.131. The average molecular weight is 262 g/mol. The van der Waals surface area contributed by atoms with Crippen molar-refractivity contribution in [1.82, 2.24) is 4.98 Å². The first-order valence-corrected chi connectivity index (χ1v) is 6.81. The highest BCUT2D eigenvalue weighted by Gasteiger charge is 2.30. The van der Waals surface area contributed by atoms with Gasteiger partial charge < -0.3 is 15.8 Å². The largest absolute Gasteiger partial charge is 0.409 e. The molecule has 1 aromatic heterocycles. The molecule has 104 valence electrons. The summed E-state index contributed by atoms with van der Waals surface area (Å²) in [6.07, 6.45) is 3.50. The van der Waals surface area contributed by atoms with Gasteiger partial charge in [-0.2, -0.15) is 0 Å². The third-order valence-corrected chi connectivity index (χ3v) is 3.87. The molecule has 1 saturated heterocycles. The van der Waals surface area contributed by atoms with Crippen LogP contribution in [0.4, 0.5) is 5.82 Å². The van der Waals surface area contributed by atoms with Crippen LogP contribution in [0.1, 0.15) is 44.4 Å². The Kier molecular flexibility index (Phi) is 3.93. The lowest BCUT2D eigenvalue weighted by Gasteiger charge is -2.29. The van der Waals surface area contributed by atoms with Crippen LogP contribution >= 0.6 is 0 Å². The monoisotopic (exact) mass is 262 g/mol. The molecule has 0 aromatic carbocycles. The van der Waals surface area contributed by atoms with Crippen LogP contribution in [0, 0.1) is 6.92 Å². The molecule has 2 unspecified atom stereocenters. The smallest absolute Gasteiger partial charge is 0.170 e. The molecule has 3 N–H and O–H groups in total. The molecule has 0 aliphatic carbocycles. The molecule has 2 atom stereocenters. The molecule has 0 spiro atoms. The van der Waals surface area contributed by atoms with Crippen molar-refractivity contribution in [1.29, 1.82) is 0 Å². The molecular weight excluding hydrogens is 240 g/mol. The zero-order chi connectivity index (χ0) is 14.0. The lowest BCUT2D eigenvalue weighted by molar-refractivity contribution is 0.318. The van der Waals surface area contributed by atoms with Gasteiger partial charge in [-0.05, 0) is 45.2 Å². The van der Waals surface area contributed by atoms with E-state index in [4.69, 9.17) is 10.9 Å². The number of nitrogens with two attached hydrogens (primary N) is 1. The highest BCUT2D eigenvalue weighted by Crippen LogP contribution is 2.31. The van der Waals surface area contributed by atoms with E-state index < -0.39 is 0 Å². The summed E-state index contributed by atoms with van der Waals surface area (Å²) in [6, 6.07) is 4.76. The van der Waals surface area contributed by atoms with Crippen LogP contribution in [0.25, 0.3) is 0 Å². The average Bonchev–Trinajstić information content (AvgIpc) is 2.78. The fourth-order valence-corrected chi connectivity index (χ4v) is 2.87. The fourth-order valence-electron chi connectivity index (χ4n) is 2.87. The van der Waals surface area contributed by atoms with Crippen molar-refractivity contribution in [2.75, 3.05) is 4.90 Å². The molecule has 1 aliphatic rings. The predicted molar refractivity (Wildman–Crippen MR) is 76.7 cm³/mol. The van der Waals surface area contributed by atoms with Crippen molar-refractivity contribution in [3.63, 3.8) is 0 Å². The lowest BCUT2D eigenvalue weighted by atomic mass is 10.1. The van der Waals surface area contributed by atoms with Crippen molar-refractivity contribution >= 4 is 11.7 Å². The van der Waals surface area contributed by atoms with Crippen LogP contribution in [0.2, 0.25) is 0 Å². The Labute approximate surface area is 114 Å². The number of hydrogen-bond donors (Lipinski definition) is 2. The molecule has 5 nitrogen and oxygen atoms in total. The Morgan fingerprint density at radius 3 is 2.89 bits per heavy atom. The van der Waals surface area contributed by atoms with Crippen molar-refractivity contribution in [3.05, 3.63) is 23.4 Å². The van der Waals surface area contributed by atoms with Gasteiger partial charge in [-0.25, -0.2) is 4.98 Å². The third-order valence-electron chi connectivity index (χ3n) is 3.87. The first-order valence-electron chi connectivity index (χ1n) is 6.81. The second-order valence-corrected chi connectivity index (χ2v) is 5.24. The number of rotatable bonds is 3. The summed E-state index contributed by atoms with van der Waals surface area (Å²) in [6.45, 7) is 6.36. The Morgan fingerprint density at radius 1 is 1.53 bits per heavy atom. The quantitative estimate of drug-likeness (QED) is 0.379. The fraction of sp³-hybridized carbons (Fsp3) is 0.571. The van der Waals surface area contributed by atoms with Crippen LogP contribution in [0.5, 0.6) is 0 Å². The molecule has 2 heterocycles. The van der Waals surface area contributed by atoms with E-state index in [1.165, 1.54) is 12.8 Å². The van der Waals surface area contributed by atoms with Crippen LogP contribution in [0.3, 0.4) is 0 Å². The molecule has 5 heteroatoms. The van der Waals surface area contributed by atoms with Gasteiger partial charge in [-0.15, -0.1) is 0 Å². The molecule has 1 aliphatic heterocycles. The molecule has 1 aromatic rings. The van der Waals surface area contributed by atoms with Gasteiger partial charge >= 0.3 is 0 Å². The normalized spacial score (nSPS) is 23.9. The zero-order valence-electron chi connectivity index (χ0n) is 11.8. The molecule has 0 saturated carbocycles. The highest BCUT2D eigenvalue weighted by molar-refractivity contribution is 5.97. The molecular formula is C14H22N4O. The van der Waals surface area contributed by atoms with Gasteiger partial charge in [0.05, 0.1) is 0 Å². The molecule has 0 bridgehead atoms. The van der Waals surface area contributed by atoms with Crippen molar-refractivity contribution < 1.29 is 5.21 Å². The van der Waals surface area contributed by atoms with Gasteiger partial charge in [0.2, 0.25) is 0 Å². The molecule has 19 heavy (non-hydrogen) atoms. The summed E-state index contributed by atoms with van der Waals surface area (Å²) < 4.78 is 0. The highest BCUT2D eigenvalue weighted by atomic mass is 16.4. The first-order chi connectivity index (χ1) is 9.06. The SMILES string of the molecule is CCC1CCC(C)N1c1cc(/C(N)=N/O)cc(C)n1. The molecule has 2 rings (SSSR count). The number of aromatic nitrogens is 1. The van der Waals surface area contributed by atoms with Gasteiger partial charge in [0, 0.05) is 23.3 Å². The van der Waals surface area contributed by atoms with Crippen LogP contribution in [-0.2, 0) is 0 Å². The lowest BCUT2D eigenvalue weighted by Crippen LogP contribution is -2.35. The topological polar surface area (TPSA) is 74.7 Å². The number of aryl methyl sites for hydroxylation is 1. The summed E-state index contributed by atoms with van der Waals surface area (Å²) in [4.78, 5) is 6.98. The third kappa shape index (κ3) is 2.64. The van der Waals surface area contributed by atoms with Crippen LogP contribution in [-0.4, -0.2) is 28.1 Å². The van der Waals surface area contributed by atoms with E-state index in [1.807, 2.05) is 19.1 Å². The van der Waals surface area contributed by atoms with Crippen molar-refractivity contribution in [2.45, 2.75) is 52.1 Å². The van der Waals surface area contributed by atoms with Crippen molar-refractivity contribution in [3.8, 4) is 0 Å². The second-order valence-electron chi connectivity index (χ2n) is 5.24. The number of nitrogens with zero attached hydrogens (tertiary/aromatic N) is 3. The first kappa shape index (κ1) is 13.6. The van der Waals surface area contributed by atoms with E-state index >= 15 is 0 Å². The standard InChI is InChI=1S/C14H22N4O/c1-4-12-6-5-10(3)18(12)13-8-11(14(15)17-19)7-9(2)16-13/h7-8,10,12,19H,4-6H2,1-3H3,(H2,15,17). The summed E-state index contributed by atoms with van der Waals surface area (Å²) >= 11 is 0. The zero-order valence-corrected chi connectivity index (χ0v) is 11.8.